The molecule has 0 amide bonds. The minimum Gasteiger partial charge on any atom is -0.496 e. The second-order valence-electron chi connectivity index (χ2n) is 4.01. The van der Waals surface area contributed by atoms with Gasteiger partial charge in [-0.15, -0.1) is 0 Å². The van der Waals surface area contributed by atoms with E-state index < -0.39 is 5.24 Å². The highest BCUT2D eigenvalue weighted by Crippen LogP contribution is 2.47. The predicted octanol–water partition coefficient (Wildman–Crippen LogP) is 4.28. The van der Waals surface area contributed by atoms with Gasteiger partial charge in [-0.1, -0.05) is 23.9 Å². The van der Waals surface area contributed by atoms with E-state index in [0.29, 0.717) is 17.0 Å². The Bertz CT molecular complexity index is 672. The molecule has 0 atom stereocenters. The standard InChI is InChI=1S/C14H10ClNO2S/c1-18-9-6-7-11-13(12(9)14(15)17)16-8-4-2-3-5-10(8)19-11/h2-7,16H,1H3. The average Bonchev–Trinajstić information content (AvgIpc) is 2.43. The number of nitrogens with one attached hydrogen (secondary N) is 1. The first-order chi connectivity index (χ1) is 9.20. The molecular formula is C14H10ClNO2S. The summed E-state index contributed by atoms with van der Waals surface area (Å²) < 4.78 is 5.21. The number of carbonyl (C=O) groups excluding carboxylic acids is 1. The second-order valence-corrected chi connectivity index (χ2v) is 5.44. The van der Waals surface area contributed by atoms with Gasteiger partial charge in [0.1, 0.15) is 11.3 Å². The summed E-state index contributed by atoms with van der Waals surface area (Å²) in [5, 5.41) is 2.73. The van der Waals surface area contributed by atoms with Crippen molar-refractivity contribution < 1.29 is 9.53 Å². The van der Waals surface area contributed by atoms with E-state index in [2.05, 4.69) is 5.32 Å². The van der Waals surface area contributed by atoms with Gasteiger partial charge in [0.05, 0.1) is 18.5 Å². The first kappa shape index (κ1) is 12.4. The molecule has 0 saturated heterocycles. The molecule has 1 aliphatic rings. The smallest absolute Gasteiger partial charge is 0.258 e. The summed E-state index contributed by atoms with van der Waals surface area (Å²) in [6.45, 7) is 0. The van der Waals surface area contributed by atoms with Crippen LogP contribution < -0.4 is 10.1 Å². The number of anilines is 2. The topological polar surface area (TPSA) is 38.3 Å². The lowest BCUT2D eigenvalue weighted by atomic mass is 10.1. The number of ether oxygens (including phenoxy) is 1. The molecule has 0 bridgehead atoms. The molecule has 2 aromatic rings. The van der Waals surface area contributed by atoms with Crippen LogP contribution >= 0.6 is 23.4 Å². The maximum atomic E-state index is 11.6. The average molecular weight is 292 g/mol. The molecule has 1 aliphatic heterocycles. The van der Waals surface area contributed by atoms with Crippen molar-refractivity contribution in [3.8, 4) is 5.75 Å². The number of rotatable bonds is 2. The Morgan fingerprint density at radius 3 is 2.74 bits per heavy atom. The van der Waals surface area contributed by atoms with Crippen molar-refractivity contribution in [2.45, 2.75) is 9.79 Å². The molecule has 0 aliphatic carbocycles. The molecule has 5 heteroatoms. The van der Waals surface area contributed by atoms with Crippen molar-refractivity contribution in [3.63, 3.8) is 0 Å². The number of hydrogen-bond acceptors (Lipinski definition) is 4. The Morgan fingerprint density at radius 1 is 1.21 bits per heavy atom. The third-order valence-electron chi connectivity index (χ3n) is 2.91. The number of benzene rings is 2. The summed E-state index contributed by atoms with van der Waals surface area (Å²) in [6.07, 6.45) is 0. The van der Waals surface area contributed by atoms with Gasteiger partial charge in [-0.25, -0.2) is 0 Å². The fourth-order valence-corrected chi connectivity index (χ4v) is 3.24. The van der Waals surface area contributed by atoms with Crippen LogP contribution in [0.5, 0.6) is 5.75 Å². The van der Waals surface area contributed by atoms with E-state index in [1.807, 2.05) is 30.3 Å². The minimum absolute atomic E-state index is 0.378. The normalized spacial score (nSPS) is 12.1. The molecule has 2 aromatic carbocycles. The highest BCUT2D eigenvalue weighted by Gasteiger charge is 2.24. The van der Waals surface area contributed by atoms with Gasteiger partial charge < -0.3 is 10.1 Å². The molecule has 0 saturated carbocycles. The van der Waals surface area contributed by atoms with Gasteiger partial charge in [0.15, 0.2) is 0 Å². The van der Waals surface area contributed by atoms with Crippen LogP contribution in [0.3, 0.4) is 0 Å². The fraction of sp³-hybridized carbons (Fsp3) is 0.0714. The molecule has 0 radical (unpaired) electrons. The molecule has 0 spiro atoms. The monoisotopic (exact) mass is 291 g/mol. The van der Waals surface area contributed by atoms with Crippen molar-refractivity contribution in [2.24, 2.45) is 0 Å². The van der Waals surface area contributed by atoms with Gasteiger partial charge in [-0.3, -0.25) is 4.79 Å². The number of para-hydroxylation sites is 1. The zero-order valence-electron chi connectivity index (χ0n) is 10.1. The highest BCUT2D eigenvalue weighted by molar-refractivity contribution is 7.99. The maximum absolute atomic E-state index is 11.6. The Morgan fingerprint density at radius 2 is 2.00 bits per heavy atom. The quantitative estimate of drug-likeness (QED) is 0.715. The maximum Gasteiger partial charge on any atom is 0.258 e. The second kappa shape index (κ2) is 4.79. The largest absolute Gasteiger partial charge is 0.496 e. The molecule has 96 valence electrons. The van der Waals surface area contributed by atoms with Crippen LogP contribution in [0.15, 0.2) is 46.2 Å². The molecule has 19 heavy (non-hydrogen) atoms. The van der Waals surface area contributed by atoms with E-state index in [1.165, 1.54) is 7.11 Å². The summed E-state index contributed by atoms with van der Waals surface area (Å²) >= 11 is 7.29. The zero-order chi connectivity index (χ0) is 13.4. The molecule has 1 N–H and O–H groups in total. The van der Waals surface area contributed by atoms with Crippen molar-refractivity contribution in [3.05, 3.63) is 42.0 Å². The lowest BCUT2D eigenvalue weighted by molar-refractivity contribution is 0.107. The van der Waals surface area contributed by atoms with Crippen LogP contribution in [-0.2, 0) is 0 Å². The molecule has 3 nitrogen and oxygen atoms in total. The number of halogens is 1. The Hall–Kier alpha value is -1.65. The van der Waals surface area contributed by atoms with Crippen LogP contribution in [0, 0.1) is 0 Å². The molecular weight excluding hydrogens is 282 g/mol. The lowest BCUT2D eigenvalue weighted by Gasteiger charge is -2.23. The van der Waals surface area contributed by atoms with Gasteiger partial charge >= 0.3 is 0 Å². The number of methoxy groups -OCH3 is 1. The van der Waals surface area contributed by atoms with Crippen molar-refractivity contribution >= 4 is 40.0 Å². The van der Waals surface area contributed by atoms with Gasteiger partial charge in [0.25, 0.3) is 5.24 Å². The van der Waals surface area contributed by atoms with E-state index in [9.17, 15) is 4.79 Å². The third kappa shape index (κ3) is 2.07. The first-order valence-electron chi connectivity index (χ1n) is 5.65. The van der Waals surface area contributed by atoms with E-state index in [-0.39, 0.29) is 0 Å². The Kier molecular flexibility index (Phi) is 3.12. The highest BCUT2D eigenvalue weighted by atomic mass is 35.5. The van der Waals surface area contributed by atoms with Gasteiger partial charge in [-0.2, -0.15) is 0 Å². The van der Waals surface area contributed by atoms with Crippen LogP contribution in [0.2, 0.25) is 0 Å². The van der Waals surface area contributed by atoms with Crippen molar-refractivity contribution in [2.75, 3.05) is 12.4 Å². The van der Waals surface area contributed by atoms with E-state index in [4.69, 9.17) is 16.3 Å². The zero-order valence-corrected chi connectivity index (χ0v) is 11.6. The van der Waals surface area contributed by atoms with E-state index in [1.54, 1.807) is 17.8 Å². The summed E-state index contributed by atoms with van der Waals surface area (Å²) in [4.78, 5) is 13.7. The molecule has 1 heterocycles. The first-order valence-corrected chi connectivity index (χ1v) is 6.85. The number of carbonyl (C=O) groups is 1. The SMILES string of the molecule is COc1ccc2c(c1C(=O)Cl)Nc1ccccc1S2. The van der Waals surface area contributed by atoms with Gasteiger partial charge in [-0.05, 0) is 35.9 Å². The van der Waals surface area contributed by atoms with Crippen LogP contribution in [0.1, 0.15) is 10.4 Å². The summed E-state index contributed by atoms with van der Waals surface area (Å²) in [7, 11) is 1.52. The Labute approximate surface area is 119 Å². The lowest BCUT2D eigenvalue weighted by Crippen LogP contribution is -2.07. The van der Waals surface area contributed by atoms with E-state index >= 15 is 0 Å². The molecule has 0 unspecified atom stereocenters. The summed E-state index contributed by atoms with van der Waals surface area (Å²) in [5.74, 6) is 0.478. The Balaban J connectivity index is 2.18. The summed E-state index contributed by atoms with van der Waals surface area (Å²) in [6, 6.07) is 11.6. The van der Waals surface area contributed by atoms with Crippen LogP contribution in [0.25, 0.3) is 0 Å². The minimum atomic E-state index is -0.527. The van der Waals surface area contributed by atoms with E-state index in [0.717, 1.165) is 15.5 Å². The van der Waals surface area contributed by atoms with Crippen LogP contribution in [0.4, 0.5) is 11.4 Å². The third-order valence-corrected chi connectivity index (χ3v) is 4.24. The fourth-order valence-electron chi connectivity index (χ4n) is 2.05. The molecule has 0 aromatic heterocycles. The number of hydrogen-bond donors (Lipinski definition) is 1. The van der Waals surface area contributed by atoms with Crippen molar-refractivity contribution in [1.82, 2.24) is 0 Å². The van der Waals surface area contributed by atoms with Crippen molar-refractivity contribution in [1.29, 1.82) is 0 Å². The summed E-state index contributed by atoms with van der Waals surface area (Å²) in [5.41, 5.74) is 2.05. The van der Waals surface area contributed by atoms with Gasteiger partial charge in [0.2, 0.25) is 0 Å². The van der Waals surface area contributed by atoms with Gasteiger partial charge in [0, 0.05) is 9.79 Å². The predicted molar refractivity (Wildman–Crippen MR) is 77.0 cm³/mol. The molecule has 0 fully saturated rings. The van der Waals surface area contributed by atoms with Crippen LogP contribution in [-0.4, -0.2) is 12.4 Å². The number of fused-ring (bicyclic) bond motifs is 2. The molecule has 3 rings (SSSR count).